The summed E-state index contributed by atoms with van der Waals surface area (Å²) in [5.41, 5.74) is 2.26. The largest absolute Gasteiger partial charge is 0.461 e. The molecule has 5 heteroatoms. The molecule has 0 saturated carbocycles. The van der Waals surface area contributed by atoms with Crippen LogP contribution in [-0.4, -0.2) is 39.5 Å². The zero-order valence-electron chi connectivity index (χ0n) is 10.7. The van der Waals surface area contributed by atoms with Gasteiger partial charge in [0.2, 0.25) is 0 Å². The van der Waals surface area contributed by atoms with E-state index >= 15 is 0 Å². The summed E-state index contributed by atoms with van der Waals surface area (Å²) in [4.78, 5) is 22.6. The van der Waals surface area contributed by atoms with Crippen LogP contribution in [0.3, 0.4) is 0 Å². The van der Waals surface area contributed by atoms with Crippen LogP contribution in [0.4, 0.5) is 0 Å². The number of hydrogen-bond acceptors (Lipinski definition) is 5. The Morgan fingerprint density at radius 3 is 3.06 bits per heavy atom. The average molecular weight is 247 g/mol. The Kier molecular flexibility index (Phi) is 2.78. The van der Waals surface area contributed by atoms with E-state index in [0.29, 0.717) is 0 Å². The van der Waals surface area contributed by atoms with Gasteiger partial charge >= 0.3 is 5.97 Å². The molecule has 18 heavy (non-hydrogen) atoms. The van der Waals surface area contributed by atoms with Gasteiger partial charge in [-0.15, -0.1) is 0 Å². The highest BCUT2D eigenvalue weighted by atomic mass is 16.6. The summed E-state index contributed by atoms with van der Waals surface area (Å²) in [5, 5.41) is 0. The normalized spacial score (nSPS) is 28.0. The lowest BCUT2D eigenvalue weighted by Crippen LogP contribution is -2.42. The smallest absolute Gasteiger partial charge is 0.323 e. The van der Waals surface area contributed by atoms with Gasteiger partial charge < -0.3 is 4.74 Å². The van der Waals surface area contributed by atoms with Crippen LogP contribution < -0.4 is 0 Å². The zero-order chi connectivity index (χ0) is 12.7. The summed E-state index contributed by atoms with van der Waals surface area (Å²) >= 11 is 0. The molecule has 96 valence electrons. The van der Waals surface area contributed by atoms with Gasteiger partial charge in [-0.2, -0.15) is 0 Å². The van der Waals surface area contributed by atoms with Gasteiger partial charge in [0.25, 0.3) is 0 Å². The molecule has 1 aromatic heterocycles. The molecule has 0 aliphatic carbocycles. The summed E-state index contributed by atoms with van der Waals surface area (Å²) in [6, 6.07) is -0.0941. The highest BCUT2D eigenvalue weighted by molar-refractivity contribution is 5.78. The van der Waals surface area contributed by atoms with Gasteiger partial charge in [-0.1, -0.05) is 0 Å². The summed E-state index contributed by atoms with van der Waals surface area (Å²) in [5.74, 6) is 0.703. The maximum Gasteiger partial charge on any atom is 0.323 e. The van der Waals surface area contributed by atoms with E-state index in [9.17, 15) is 4.79 Å². The molecule has 0 bridgehead atoms. The number of carbonyl (C=O) groups excluding carboxylic acids is 1. The topological polar surface area (TPSA) is 55.3 Å². The summed E-state index contributed by atoms with van der Waals surface area (Å²) in [6.07, 6.45) is 3.65. The molecule has 1 saturated heterocycles. The number of cyclic esters (lactones) is 1. The first-order valence-electron chi connectivity index (χ1n) is 6.39. The van der Waals surface area contributed by atoms with E-state index in [1.807, 2.05) is 20.0 Å². The fraction of sp³-hybridized carbons (Fsp3) is 0.615. The Hall–Kier alpha value is -1.49. The first kappa shape index (κ1) is 11.6. The third kappa shape index (κ3) is 1.99. The quantitative estimate of drug-likeness (QED) is 0.689. The molecule has 0 amide bonds. The molecule has 1 fully saturated rings. The Balaban J connectivity index is 1.80. The van der Waals surface area contributed by atoms with Gasteiger partial charge in [-0.25, -0.2) is 9.97 Å². The minimum absolute atomic E-state index is 0.0380. The lowest BCUT2D eigenvalue weighted by Gasteiger charge is -2.30. The van der Waals surface area contributed by atoms with Crippen LogP contribution in [-0.2, 0) is 22.5 Å². The van der Waals surface area contributed by atoms with Gasteiger partial charge in [0.05, 0.1) is 5.69 Å². The van der Waals surface area contributed by atoms with E-state index in [-0.39, 0.29) is 18.1 Å². The molecule has 0 spiro atoms. The molecule has 2 aliphatic rings. The summed E-state index contributed by atoms with van der Waals surface area (Å²) in [6.45, 7) is 5.45. The van der Waals surface area contributed by atoms with Crippen molar-refractivity contribution in [3.63, 3.8) is 0 Å². The lowest BCUT2D eigenvalue weighted by atomic mass is 10.0. The second-order valence-electron chi connectivity index (χ2n) is 5.11. The maximum absolute atomic E-state index is 11.8. The highest BCUT2D eigenvalue weighted by Crippen LogP contribution is 2.25. The van der Waals surface area contributed by atoms with Gasteiger partial charge in [-0.05, 0) is 25.8 Å². The van der Waals surface area contributed by atoms with E-state index in [0.717, 1.165) is 37.4 Å². The fourth-order valence-corrected chi connectivity index (χ4v) is 2.72. The van der Waals surface area contributed by atoms with Crippen LogP contribution in [0, 0.1) is 6.92 Å². The molecule has 3 heterocycles. The minimum atomic E-state index is -0.0941. The van der Waals surface area contributed by atoms with E-state index in [1.165, 1.54) is 5.56 Å². The number of esters is 1. The van der Waals surface area contributed by atoms with Crippen LogP contribution in [0.25, 0.3) is 0 Å². The zero-order valence-corrected chi connectivity index (χ0v) is 10.7. The molecule has 2 aliphatic heterocycles. The van der Waals surface area contributed by atoms with Crippen LogP contribution in [0.15, 0.2) is 6.20 Å². The number of aryl methyl sites for hydroxylation is 1. The Morgan fingerprint density at radius 2 is 2.33 bits per heavy atom. The fourth-order valence-electron chi connectivity index (χ4n) is 2.72. The SMILES string of the molecule is Cc1ncc2c(n1)CN([C@H]1C[C@@H](C)OC1=O)CC2. The molecule has 0 radical (unpaired) electrons. The number of hydrogen-bond donors (Lipinski definition) is 0. The van der Waals surface area contributed by atoms with Crippen molar-refractivity contribution < 1.29 is 9.53 Å². The first-order chi connectivity index (χ1) is 8.63. The molecule has 2 atom stereocenters. The molecule has 5 nitrogen and oxygen atoms in total. The number of rotatable bonds is 1. The number of carbonyl (C=O) groups is 1. The molecule has 0 N–H and O–H groups in total. The third-order valence-corrected chi connectivity index (χ3v) is 3.68. The Labute approximate surface area is 106 Å². The van der Waals surface area contributed by atoms with Crippen molar-refractivity contribution in [1.29, 1.82) is 0 Å². The molecule has 1 aromatic rings. The van der Waals surface area contributed by atoms with Crippen molar-refractivity contribution in [3.05, 3.63) is 23.3 Å². The predicted molar refractivity (Wildman–Crippen MR) is 64.8 cm³/mol. The molecule has 3 rings (SSSR count). The molecular weight excluding hydrogens is 230 g/mol. The van der Waals surface area contributed by atoms with E-state index in [1.54, 1.807) is 0 Å². The third-order valence-electron chi connectivity index (χ3n) is 3.68. The van der Waals surface area contributed by atoms with E-state index < -0.39 is 0 Å². The van der Waals surface area contributed by atoms with Crippen LogP contribution in [0.1, 0.15) is 30.4 Å². The summed E-state index contributed by atoms with van der Waals surface area (Å²) < 4.78 is 5.23. The Bertz CT molecular complexity index is 489. The molecule has 0 unspecified atom stereocenters. The second-order valence-corrected chi connectivity index (χ2v) is 5.11. The number of fused-ring (bicyclic) bond motifs is 1. The average Bonchev–Trinajstić information content (AvgIpc) is 2.67. The number of aromatic nitrogens is 2. The van der Waals surface area contributed by atoms with Crippen molar-refractivity contribution >= 4 is 5.97 Å². The number of ether oxygens (including phenoxy) is 1. The van der Waals surface area contributed by atoms with Gasteiger partial charge in [-0.3, -0.25) is 9.69 Å². The van der Waals surface area contributed by atoms with Crippen molar-refractivity contribution in [2.24, 2.45) is 0 Å². The maximum atomic E-state index is 11.8. The van der Waals surface area contributed by atoms with Crippen LogP contribution >= 0.6 is 0 Å². The van der Waals surface area contributed by atoms with Crippen molar-refractivity contribution in [2.75, 3.05) is 6.54 Å². The van der Waals surface area contributed by atoms with E-state index in [2.05, 4.69) is 14.9 Å². The van der Waals surface area contributed by atoms with Gasteiger partial charge in [0.1, 0.15) is 18.0 Å². The first-order valence-corrected chi connectivity index (χ1v) is 6.39. The van der Waals surface area contributed by atoms with Crippen molar-refractivity contribution in [1.82, 2.24) is 14.9 Å². The van der Waals surface area contributed by atoms with Crippen molar-refractivity contribution in [3.8, 4) is 0 Å². The monoisotopic (exact) mass is 247 g/mol. The Morgan fingerprint density at radius 1 is 1.50 bits per heavy atom. The van der Waals surface area contributed by atoms with E-state index in [4.69, 9.17) is 4.74 Å². The highest BCUT2D eigenvalue weighted by Gasteiger charge is 2.37. The number of nitrogens with zero attached hydrogens (tertiary/aromatic N) is 3. The van der Waals surface area contributed by atoms with Crippen molar-refractivity contribution in [2.45, 2.75) is 45.4 Å². The lowest BCUT2D eigenvalue weighted by molar-refractivity contribution is -0.145. The standard InChI is InChI=1S/C13H17N3O2/c1-8-5-12(13(17)18-8)16-4-3-10-6-14-9(2)15-11(10)7-16/h6,8,12H,3-5,7H2,1-2H3/t8-,12+/m1/s1. The van der Waals surface area contributed by atoms with Gasteiger partial charge in [0.15, 0.2) is 0 Å². The molecular formula is C13H17N3O2. The predicted octanol–water partition coefficient (Wildman–Crippen LogP) is 0.847. The minimum Gasteiger partial charge on any atom is -0.461 e. The summed E-state index contributed by atoms with van der Waals surface area (Å²) in [7, 11) is 0. The van der Waals surface area contributed by atoms with Crippen LogP contribution in [0.5, 0.6) is 0 Å². The molecule has 0 aromatic carbocycles. The van der Waals surface area contributed by atoms with Gasteiger partial charge in [0, 0.05) is 25.7 Å². The van der Waals surface area contributed by atoms with Crippen LogP contribution in [0.2, 0.25) is 0 Å². The second kappa shape index (κ2) is 4.31.